The maximum atomic E-state index is 11.6. The van der Waals surface area contributed by atoms with Crippen molar-refractivity contribution < 1.29 is 14.6 Å². The number of phenolic OH excluding ortho intramolecular Hbond substituents is 1. The summed E-state index contributed by atoms with van der Waals surface area (Å²) in [5.74, 6) is -0.392. The van der Waals surface area contributed by atoms with Gasteiger partial charge in [-0.25, -0.2) is 0 Å². The number of rotatable bonds is 4. The van der Waals surface area contributed by atoms with E-state index in [-0.39, 0.29) is 24.5 Å². The maximum Gasteiger partial charge on any atom is 0.326 e. The lowest BCUT2D eigenvalue weighted by molar-refractivity contribution is -0.145. The van der Waals surface area contributed by atoms with Crippen LogP contribution in [0, 0.1) is 0 Å². The molecule has 0 fully saturated rings. The largest absolute Gasteiger partial charge is 0.508 e. The number of carbonyl (C=O) groups excluding carboxylic acids is 1. The first-order valence-electron chi connectivity index (χ1n) is 5.94. The van der Waals surface area contributed by atoms with Gasteiger partial charge in [-0.1, -0.05) is 12.1 Å². The summed E-state index contributed by atoms with van der Waals surface area (Å²) < 4.78 is 6.23. The Morgan fingerprint density at radius 3 is 2.60 bits per heavy atom. The first-order chi connectivity index (χ1) is 9.54. The van der Waals surface area contributed by atoms with Crippen LogP contribution < -0.4 is 11.3 Å². The number of nitrogens with zero attached hydrogens (tertiary/aromatic N) is 1. The Bertz CT molecular complexity index is 662. The fourth-order valence-corrected chi connectivity index (χ4v) is 1.61. The zero-order valence-corrected chi connectivity index (χ0v) is 10.7. The summed E-state index contributed by atoms with van der Waals surface area (Å²) in [5, 5.41) is 9.13. The van der Waals surface area contributed by atoms with Gasteiger partial charge in [0.2, 0.25) is 0 Å². The van der Waals surface area contributed by atoms with E-state index < -0.39 is 5.97 Å². The Morgan fingerprint density at radius 1 is 1.20 bits per heavy atom. The Hall–Kier alpha value is -2.76. The van der Waals surface area contributed by atoms with Gasteiger partial charge in [0, 0.05) is 18.0 Å². The second kappa shape index (κ2) is 5.92. The average Bonchev–Trinajstić information content (AvgIpc) is 2.42. The number of aromatic hydroxyl groups is 1. The number of carbonyl (C=O) groups is 1. The number of hydrogen-bond donors (Lipinski definition) is 2. The van der Waals surface area contributed by atoms with Crippen molar-refractivity contribution in [3.63, 3.8) is 0 Å². The molecule has 0 aliphatic carbocycles. The lowest BCUT2D eigenvalue weighted by Crippen LogP contribution is -2.24. The maximum absolute atomic E-state index is 11.6. The van der Waals surface area contributed by atoms with Gasteiger partial charge in [0.25, 0.3) is 5.56 Å². The highest BCUT2D eigenvalue weighted by Crippen LogP contribution is 2.10. The highest BCUT2D eigenvalue weighted by molar-refractivity contribution is 5.69. The fourth-order valence-electron chi connectivity index (χ4n) is 1.61. The number of nitrogen functional groups attached to an aromatic ring is 1. The Kier molecular flexibility index (Phi) is 4.05. The van der Waals surface area contributed by atoms with E-state index in [4.69, 9.17) is 15.6 Å². The molecule has 0 atom stereocenters. The lowest BCUT2D eigenvalue weighted by Gasteiger charge is -2.07. The molecule has 0 spiro atoms. The normalized spacial score (nSPS) is 10.2. The summed E-state index contributed by atoms with van der Waals surface area (Å²) in [6.07, 6.45) is 1.39. The highest BCUT2D eigenvalue weighted by Gasteiger charge is 2.06. The summed E-state index contributed by atoms with van der Waals surface area (Å²) in [5.41, 5.74) is 6.37. The molecule has 0 saturated carbocycles. The van der Waals surface area contributed by atoms with Crippen LogP contribution in [0.15, 0.2) is 47.4 Å². The minimum absolute atomic E-state index is 0.0795. The molecule has 2 rings (SSSR count). The van der Waals surface area contributed by atoms with Gasteiger partial charge in [-0.3, -0.25) is 9.59 Å². The SMILES string of the molecule is Nc1ccc(=O)n(CC(=O)OCc2ccc(O)cc2)c1. The van der Waals surface area contributed by atoms with Gasteiger partial charge in [-0.05, 0) is 23.8 Å². The van der Waals surface area contributed by atoms with Crippen LogP contribution in [0.4, 0.5) is 5.69 Å². The highest BCUT2D eigenvalue weighted by atomic mass is 16.5. The minimum Gasteiger partial charge on any atom is -0.508 e. The lowest BCUT2D eigenvalue weighted by atomic mass is 10.2. The van der Waals surface area contributed by atoms with Gasteiger partial charge in [0.05, 0.1) is 0 Å². The summed E-state index contributed by atoms with van der Waals surface area (Å²) in [6, 6.07) is 9.07. The molecule has 1 heterocycles. The third-order valence-electron chi connectivity index (χ3n) is 2.64. The molecule has 20 heavy (non-hydrogen) atoms. The molecule has 0 aliphatic heterocycles. The van der Waals surface area contributed by atoms with Crippen molar-refractivity contribution in [1.29, 1.82) is 0 Å². The number of ether oxygens (including phenoxy) is 1. The van der Waals surface area contributed by atoms with E-state index in [2.05, 4.69) is 0 Å². The molecule has 0 aliphatic rings. The van der Waals surface area contributed by atoms with Crippen LogP contribution >= 0.6 is 0 Å². The van der Waals surface area contributed by atoms with Gasteiger partial charge >= 0.3 is 5.97 Å². The molecule has 0 bridgehead atoms. The molecule has 104 valence electrons. The molecule has 0 amide bonds. The first-order valence-corrected chi connectivity index (χ1v) is 5.94. The zero-order valence-electron chi connectivity index (χ0n) is 10.7. The fraction of sp³-hybridized carbons (Fsp3) is 0.143. The molecular weight excluding hydrogens is 260 g/mol. The monoisotopic (exact) mass is 274 g/mol. The first kappa shape index (κ1) is 13.7. The number of anilines is 1. The van der Waals surface area contributed by atoms with Crippen LogP contribution in [-0.2, 0) is 22.7 Å². The number of esters is 1. The standard InChI is InChI=1S/C14H14N2O4/c15-11-3-6-13(18)16(7-11)8-14(19)20-9-10-1-4-12(17)5-2-10/h1-7,17H,8-9,15H2. The molecule has 2 aromatic rings. The zero-order chi connectivity index (χ0) is 14.5. The van der Waals surface area contributed by atoms with Gasteiger partial charge in [-0.2, -0.15) is 0 Å². The van der Waals surface area contributed by atoms with Crippen molar-refractivity contribution >= 4 is 11.7 Å². The summed E-state index contributed by atoms with van der Waals surface area (Å²) in [6.45, 7) is -0.113. The van der Waals surface area contributed by atoms with E-state index in [1.807, 2.05) is 0 Å². The summed E-state index contributed by atoms with van der Waals surface area (Å²) in [4.78, 5) is 23.1. The van der Waals surface area contributed by atoms with Crippen molar-refractivity contribution in [3.8, 4) is 5.75 Å². The van der Waals surface area contributed by atoms with E-state index in [1.54, 1.807) is 12.1 Å². The molecule has 0 saturated heterocycles. The number of pyridine rings is 1. The second-order valence-electron chi connectivity index (χ2n) is 4.26. The molecule has 3 N–H and O–H groups in total. The van der Waals surface area contributed by atoms with E-state index in [0.717, 1.165) is 5.56 Å². The minimum atomic E-state index is -0.536. The van der Waals surface area contributed by atoms with Crippen molar-refractivity contribution in [2.75, 3.05) is 5.73 Å². The number of hydrogen-bond acceptors (Lipinski definition) is 5. The number of aromatic nitrogens is 1. The molecule has 0 unspecified atom stereocenters. The van der Waals surface area contributed by atoms with Crippen LogP contribution in [-0.4, -0.2) is 15.6 Å². The molecule has 6 nitrogen and oxygen atoms in total. The molecule has 1 aromatic carbocycles. The average molecular weight is 274 g/mol. The van der Waals surface area contributed by atoms with Crippen LogP contribution in [0.3, 0.4) is 0 Å². The number of nitrogens with two attached hydrogens (primary N) is 1. The van der Waals surface area contributed by atoms with Crippen LogP contribution in [0.2, 0.25) is 0 Å². The summed E-state index contributed by atoms with van der Waals surface area (Å²) in [7, 11) is 0. The smallest absolute Gasteiger partial charge is 0.326 e. The molecule has 1 aromatic heterocycles. The van der Waals surface area contributed by atoms with Gasteiger partial charge in [-0.15, -0.1) is 0 Å². The summed E-state index contributed by atoms with van der Waals surface area (Å²) >= 11 is 0. The van der Waals surface area contributed by atoms with Crippen LogP contribution in [0.1, 0.15) is 5.56 Å². The number of benzene rings is 1. The predicted octanol–water partition coefficient (Wildman–Crippen LogP) is 0.879. The van der Waals surface area contributed by atoms with Crippen molar-refractivity contribution in [1.82, 2.24) is 4.57 Å². The van der Waals surface area contributed by atoms with E-state index in [0.29, 0.717) is 5.69 Å². The second-order valence-corrected chi connectivity index (χ2v) is 4.26. The van der Waals surface area contributed by atoms with Crippen molar-refractivity contribution in [3.05, 3.63) is 58.5 Å². The van der Waals surface area contributed by atoms with Gasteiger partial charge in [0.15, 0.2) is 0 Å². The molecular formula is C14H14N2O4. The van der Waals surface area contributed by atoms with Crippen molar-refractivity contribution in [2.24, 2.45) is 0 Å². The quantitative estimate of drug-likeness (QED) is 0.807. The topological polar surface area (TPSA) is 94.6 Å². The van der Waals surface area contributed by atoms with Gasteiger partial charge < -0.3 is 20.1 Å². The molecule has 6 heteroatoms. The Morgan fingerprint density at radius 2 is 1.90 bits per heavy atom. The van der Waals surface area contributed by atoms with E-state index in [1.165, 1.54) is 35.0 Å². The Labute approximate surface area is 115 Å². The van der Waals surface area contributed by atoms with Crippen molar-refractivity contribution in [2.45, 2.75) is 13.2 Å². The third-order valence-corrected chi connectivity index (χ3v) is 2.64. The van der Waals surface area contributed by atoms with Gasteiger partial charge in [0.1, 0.15) is 18.9 Å². The van der Waals surface area contributed by atoms with E-state index >= 15 is 0 Å². The van der Waals surface area contributed by atoms with Crippen LogP contribution in [0.5, 0.6) is 5.75 Å². The predicted molar refractivity (Wildman–Crippen MR) is 73.0 cm³/mol. The molecule has 0 radical (unpaired) electrons. The number of phenols is 1. The van der Waals surface area contributed by atoms with E-state index in [9.17, 15) is 9.59 Å². The Balaban J connectivity index is 1.94. The third kappa shape index (κ3) is 3.61. The van der Waals surface area contributed by atoms with Crippen LogP contribution in [0.25, 0.3) is 0 Å².